The molecule has 0 aromatic heterocycles. The predicted molar refractivity (Wildman–Crippen MR) is 81.6 cm³/mol. The highest BCUT2D eigenvalue weighted by atomic mass is 16.5. The second-order valence-electron chi connectivity index (χ2n) is 4.70. The minimum atomic E-state index is -0.660. The summed E-state index contributed by atoms with van der Waals surface area (Å²) in [6.07, 6.45) is -0.660. The average molecular weight is 283 g/mol. The molecule has 0 spiro atoms. The van der Waals surface area contributed by atoms with Gasteiger partial charge in [0.05, 0.1) is 0 Å². The van der Waals surface area contributed by atoms with Gasteiger partial charge in [-0.15, -0.1) is 0 Å². The number of rotatable bonds is 5. The van der Waals surface area contributed by atoms with Crippen LogP contribution in [0.15, 0.2) is 54.6 Å². The molecule has 2 rings (SSSR count). The van der Waals surface area contributed by atoms with Crippen molar-refractivity contribution in [3.63, 3.8) is 0 Å². The Hall–Kier alpha value is -2.62. The first-order valence-electron chi connectivity index (χ1n) is 6.70. The average Bonchev–Trinajstić information content (AvgIpc) is 2.48. The van der Waals surface area contributed by atoms with Crippen molar-refractivity contribution in [3.8, 4) is 5.75 Å². The van der Waals surface area contributed by atoms with Crippen LogP contribution in [0, 0.1) is 0 Å². The first-order chi connectivity index (χ1) is 10.1. The smallest absolute Gasteiger partial charge is 0.265 e. The highest BCUT2D eigenvalue weighted by Crippen LogP contribution is 2.16. The molecule has 0 radical (unpaired) electrons. The number of Topliss-reactive ketones (excluding diaryl/α,β-unsaturated/α-hetero) is 1. The number of ketones is 1. The van der Waals surface area contributed by atoms with Crippen LogP contribution < -0.4 is 10.1 Å². The zero-order valence-electron chi connectivity index (χ0n) is 12.0. The first-order valence-corrected chi connectivity index (χ1v) is 6.70. The topological polar surface area (TPSA) is 55.4 Å². The number of hydrogen-bond acceptors (Lipinski definition) is 3. The maximum absolute atomic E-state index is 12.0. The molecule has 108 valence electrons. The first kappa shape index (κ1) is 14.8. The Morgan fingerprint density at radius 2 is 1.76 bits per heavy atom. The van der Waals surface area contributed by atoms with E-state index in [2.05, 4.69) is 5.32 Å². The molecule has 2 aromatic rings. The number of hydrogen-bond donors (Lipinski definition) is 1. The van der Waals surface area contributed by atoms with Crippen molar-refractivity contribution >= 4 is 17.4 Å². The van der Waals surface area contributed by atoms with Crippen LogP contribution in [0.3, 0.4) is 0 Å². The van der Waals surface area contributed by atoms with Crippen LogP contribution in [0.4, 0.5) is 5.69 Å². The van der Waals surface area contributed by atoms with E-state index in [0.29, 0.717) is 11.3 Å². The fourth-order valence-electron chi connectivity index (χ4n) is 1.81. The molecule has 1 atom stereocenters. The van der Waals surface area contributed by atoms with E-state index in [-0.39, 0.29) is 11.7 Å². The molecule has 0 aliphatic rings. The third-order valence-corrected chi connectivity index (χ3v) is 2.96. The van der Waals surface area contributed by atoms with Crippen LogP contribution >= 0.6 is 0 Å². The third kappa shape index (κ3) is 4.18. The molecular weight excluding hydrogens is 266 g/mol. The Labute approximate surface area is 123 Å². The maximum atomic E-state index is 12.0. The number of carbonyl (C=O) groups is 2. The summed E-state index contributed by atoms with van der Waals surface area (Å²) in [5, 5.41) is 2.77. The summed E-state index contributed by atoms with van der Waals surface area (Å²) in [6.45, 7) is 3.16. The summed E-state index contributed by atoms with van der Waals surface area (Å²) in [7, 11) is 0. The van der Waals surface area contributed by atoms with Crippen molar-refractivity contribution in [1.82, 2.24) is 0 Å². The highest BCUT2D eigenvalue weighted by molar-refractivity contribution is 5.95. The summed E-state index contributed by atoms with van der Waals surface area (Å²) in [6, 6.07) is 16.0. The van der Waals surface area contributed by atoms with Gasteiger partial charge in [-0.25, -0.2) is 0 Å². The number of nitrogens with one attached hydrogen (secondary N) is 1. The van der Waals surface area contributed by atoms with Gasteiger partial charge in [0.2, 0.25) is 0 Å². The Balaban J connectivity index is 2.00. The molecule has 0 bridgehead atoms. The van der Waals surface area contributed by atoms with Crippen molar-refractivity contribution in [2.24, 2.45) is 0 Å². The quantitative estimate of drug-likeness (QED) is 0.857. The molecule has 21 heavy (non-hydrogen) atoms. The van der Waals surface area contributed by atoms with Gasteiger partial charge in [0, 0.05) is 11.3 Å². The lowest BCUT2D eigenvalue weighted by Crippen LogP contribution is -2.30. The second-order valence-corrected chi connectivity index (χ2v) is 4.70. The van der Waals surface area contributed by atoms with Gasteiger partial charge in [-0.05, 0) is 38.1 Å². The minimum absolute atomic E-state index is 0.0400. The number of carbonyl (C=O) groups excluding carboxylic acids is 2. The maximum Gasteiger partial charge on any atom is 0.265 e. The molecule has 1 N–H and O–H groups in total. The van der Waals surface area contributed by atoms with E-state index in [4.69, 9.17) is 4.74 Å². The number of ether oxygens (including phenoxy) is 1. The lowest BCUT2D eigenvalue weighted by atomic mass is 10.1. The van der Waals surface area contributed by atoms with Gasteiger partial charge in [-0.3, -0.25) is 9.59 Å². The summed E-state index contributed by atoms with van der Waals surface area (Å²) in [5.74, 6) is 0.217. The molecule has 0 saturated carbocycles. The molecule has 0 unspecified atom stereocenters. The highest BCUT2D eigenvalue weighted by Gasteiger charge is 2.15. The van der Waals surface area contributed by atoms with Crippen LogP contribution in [-0.2, 0) is 4.79 Å². The molecule has 2 aromatic carbocycles. The number of anilines is 1. The van der Waals surface area contributed by atoms with E-state index in [1.165, 1.54) is 6.92 Å². The number of amides is 1. The number of para-hydroxylation sites is 1. The molecule has 1 amide bonds. The Bertz CT molecular complexity index is 637. The van der Waals surface area contributed by atoms with Crippen molar-refractivity contribution in [1.29, 1.82) is 0 Å². The lowest BCUT2D eigenvalue weighted by molar-refractivity contribution is -0.122. The normalized spacial score (nSPS) is 11.5. The summed E-state index contributed by atoms with van der Waals surface area (Å²) >= 11 is 0. The van der Waals surface area contributed by atoms with Crippen molar-refractivity contribution in [3.05, 3.63) is 60.2 Å². The molecule has 0 heterocycles. The fourth-order valence-corrected chi connectivity index (χ4v) is 1.81. The van der Waals surface area contributed by atoms with Gasteiger partial charge >= 0.3 is 0 Å². The molecule has 0 fully saturated rings. The summed E-state index contributed by atoms with van der Waals surface area (Å²) in [4.78, 5) is 23.4. The predicted octanol–water partition coefficient (Wildman–Crippen LogP) is 3.30. The van der Waals surface area contributed by atoms with Crippen molar-refractivity contribution in [2.75, 3.05) is 5.32 Å². The van der Waals surface area contributed by atoms with Gasteiger partial charge in [-0.2, -0.15) is 0 Å². The van der Waals surface area contributed by atoms with Gasteiger partial charge in [-0.1, -0.05) is 30.3 Å². The Morgan fingerprint density at radius 1 is 1.05 bits per heavy atom. The van der Waals surface area contributed by atoms with Crippen LogP contribution in [0.5, 0.6) is 5.75 Å². The van der Waals surface area contributed by atoms with Gasteiger partial charge in [0.1, 0.15) is 5.75 Å². The zero-order valence-corrected chi connectivity index (χ0v) is 12.0. The van der Waals surface area contributed by atoms with E-state index in [9.17, 15) is 9.59 Å². The molecular formula is C17H17NO3. The molecule has 0 aliphatic carbocycles. The summed E-state index contributed by atoms with van der Waals surface area (Å²) < 4.78 is 5.57. The lowest BCUT2D eigenvalue weighted by Gasteiger charge is -2.15. The second kappa shape index (κ2) is 6.70. The minimum Gasteiger partial charge on any atom is -0.481 e. The molecule has 4 heteroatoms. The number of benzene rings is 2. The third-order valence-electron chi connectivity index (χ3n) is 2.96. The molecule has 0 aliphatic heterocycles. The Kier molecular flexibility index (Phi) is 4.72. The van der Waals surface area contributed by atoms with Crippen LogP contribution in [-0.4, -0.2) is 17.8 Å². The standard InChI is InChI=1S/C17H17NO3/c1-12(19)14-7-6-10-16(11-14)21-13(2)17(20)18-15-8-4-3-5-9-15/h3-11,13H,1-2H3,(H,18,20)/t13-/m0/s1. The Morgan fingerprint density at radius 3 is 2.43 bits per heavy atom. The van der Waals surface area contributed by atoms with Gasteiger partial charge < -0.3 is 10.1 Å². The van der Waals surface area contributed by atoms with Crippen LogP contribution in [0.2, 0.25) is 0 Å². The summed E-state index contributed by atoms with van der Waals surface area (Å²) in [5.41, 5.74) is 1.28. The fraction of sp³-hybridized carbons (Fsp3) is 0.176. The van der Waals surface area contributed by atoms with Gasteiger partial charge in [0.25, 0.3) is 5.91 Å². The van der Waals surface area contributed by atoms with E-state index >= 15 is 0 Å². The molecule has 4 nitrogen and oxygen atoms in total. The SMILES string of the molecule is CC(=O)c1cccc(O[C@@H](C)C(=O)Nc2ccccc2)c1. The van der Waals surface area contributed by atoms with Crippen molar-refractivity contribution in [2.45, 2.75) is 20.0 Å². The van der Waals surface area contributed by atoms with Crippen LogP contribution in [0.1, 0.15) is 24.2 Å². The van der Waals surface area contributed by atoms with Gasteiger partial charge in [0.15, 0.2) is 11.9 Å². The zero-order chi connectivity index (χ0) is 15.2. The van der Waals surface area contributed by atoms with E-state index in [1.54, 1.807) is 43.3 Å². The van der Waals surface area contributed by atoms with Crippen LogP contribution in [0.25, 0.3) is 0 Å². The molecule has 0 saturated heterocycles. The van der Waals surface area contributed by atoms with E-state index in [1.807, 2.05) is 18.2 Å². The monoisotopic (exact) mass is 283 g/mol. The van der Waals surface area contributed by atoms with E-state index < -0.39 is 6.10 Å². The van der Waals surface area contributed by atoms with Crippen molar-refractivity contribution < 1.29 is 14.3 Å². The van der Waals surface area contributed by atoms with E-state index in [0.717, 1.165) is 5.69 Å². The largest absolute Gasteiger partial charge is 0.481 e.